The third-order valence-electron chi connectivity index (χ3n) is 4.07. The highest BCUT2D eigenvalue weighted by Gasteiger charge is 2.29. The van der Waals surface area contributed by atoms with Gasteiger partial charge in [0.2, 0.25) is 5.91 Å². The summed E-state index contributed by atoms with van der Waals surface area (Å²) in [5, 5.41) is 9.51. The molecule has 1 amide bonds. The lowest BCUT2D eigenvalue weighted by Gasteiger charge is -2.13. The van der Waals surface area contributed by atoms with Crippen molar-refractivity contribution in [3.63, 3.8) is 0 Å². The summed E-state index contributed by atoms with van der Waals surface area (Å²) < 4.78 is 0. The zero-order valence-electron chi connectivity index (χ0n) is 13.4. The fourth-order valence-electron chi connectivity index (χ4n) is 2.75. The molecule has 1 aromatic carbocycles. The topological polar surface area (TPSA) is 53.2 Å². The summed E-state index contributed by atoms with van der Waals surface area (Å²) in [6, 6.07) is 8.24. The molecule has 2 unspecified atom stereocenters. The average molecular weight is 309 g/mol. The highest BCUT2D eigenvalue weighted by atomic mass is 16.1. The number of terminal acetylenes is 1. The molecule has 4 nitrogen and oxygen atoms in total. The number of hydrogen-bond donors (Lipinski definition) is 3. The van der Waals surface area contributed by atoms with Gasteiger partial charge in [-0.15, -0.1) is 12.8 Å². The third-order valence-corrected chi connectivity index (χ3v) is 4.07. The maximum Gasteiger partial charge on any atom is 0.220 e. The van der Waals surface area contributed by atoms with Gasteiger partial charge < -0.3 is 16.0 Å². The van der Waals surface area contributed by atoms with Crippen LogP contribution in [-0.2, 0) is 11.3 Å². The molecule has 3 rings (SSSR count). The highest BCUT2D eigenvalue weighted by molar-refractivity contribution is 5.76. The van der Waals surface area contributed by atoms with E-state index in [0.29, 0.717) is 18.9 Å². The Balaban J connectivity index is 0.000000924. The molecule has 2 heterocycles. The first-order chi connectivity index (χ1) is 11.2. The van der Waals surface area contributed by atoms with E-state index in [1.54, 1.807) is 0 Å². The van der Waals surface area contributed by atoms with Gasteiger partial charge in [-0.1, -0.05) is 35.9 Å². The molecule has 0 aliphatic carbocycles. The Kier molecular flexibility index (Phi) is 5.87. The van der Waals surface area contributed by atoms with Gasteiger partial charge in [0.05, 0.1) is 0 Å². The first kappa shape index (κ1) is 16.7. The van der Waals surface area contributed by atoms with Crippen molar-refractivity contribution in [1.82, 2.24) is 16.0 Å². The van der Waals surface area contributed by atoms with Gasteiger partial charge >= 0.3 is 0 Å². The first-order valence-corrected chi connectivity index (χ1v) is 7.76. The van der Waals surface area contributed by atoms with Crippen molar-refractivity contribution >= 4 is 5.91 Å². The molecule has 120 valence electrons. The van der Waals surface area contributed by atoms with E-state index < -0.39 is 0 Å². The molecule has 0 fully saturated rings. The molecule has 0 aromatic heterocycles. The van der Waals surface area contributed by atoms with Crippen LogP contribution >= 0.6 is 0 Å². The number of benzene rings is 1. The van der Waals surface area contributed by atoms with E-state index in [-0.39, 0.29) is 12.1 Å². The lowest BCUT2D eigenvalue weighted by atomic mass is 9.97. The summed E-state index contributed by atoms with van der Waals surface area (Å²) in [6.45, 7) is 2.66. The minimum Gasteiger partial charge on any atom is -0.371 e. The predicted octanol–water partition coefficient (Wildman–Crippen LogP) is 2.19. The molecule has 2 atom stereocenters. The quantitative estimate of drug-likeness (QED) is 0.731. The second-order valence-corrected chi connectivity index (χ2v) is 5.68. The summed E-state index contributed by atoms with van der Waals surface area (Å²) in [6.07, 6.45) is 15.8. The largest absolute Gasteiger partial charge is 0.371 e. The van der Waals surface area contributed by atoms with Gasteiger partial charge in [0, 0.05) is 18.9 Å². The first-order valence-electron chi connectivity index (χ1n) is 7.76. The van der Waals surface area contributed by atoms with Crippen LogP contribution in [0.5, 0.6) is 0 Å². The lowest BCUT2D eigenvalue weighted by Crippen LogP contribution is -2.34. The Morgan fingerprint density at radius 1 is 1.22 bits per heavy atom. The van der Waals surface area contributed by atoms with Crippen LogP contribution in [0.2, 0.25) is 0 Å². The average Bonchev–Trinajstić information content (AvgIpc) is 3.18. The van der Waals surface area contributed by atoms with Crippen molar-refractivity contribution in [2.75, 3.05) is 0 Å². The van der Waals surface area contributed by atoms with Gasteiger partial charge in [-0.3, -0.25) is 4.79 Å². The van der Waals surface area contributed by atoms with E-state index >= 15 is 0 Å². The third kappa shape index (κ3) is 4.40. The Bertz CT molecular complexity index is 613. The number of fused-ring (bicyclic) bond motifs is 1. The summed E-state index contributed by atoms with van der Waals surface area (Å²) in [5.74, 6) is 0.504. The van der Waals surface area contributed by atoms with Crippen molar-refractivity contribution < 1.29 is 4.79 Å². The van der Waals surface area contributed by atoms with E-state index in [1.165, 1.54) is 11.1 Å². The maximum atomic E-state index is 11.9. The van der Waals surface area contributed by atoms with Crippen LogP contribution < -0.4 is 16.0 Å². The van der Waals surface area contributed by atoms with Gasteiger partial charge in [0.15, 0.2) is 0 Å². The smallest absolute Gasteiger partial charge is 0.220 e. The Morgan fingerprint density at radius 3 is 2.70 bits per heavy atom. The van der Waals surface area contributed by atoms with Crippen LogP contribution in [0.15, 0.2) is 48.3 Å². The van der Waals surface area contributed by atoms with Crippen LogP contribution in [0.25, 0.3) is 0 Å². The molecular formula is C19H23N3O. The van der Waals surface area contributed by atoms with Crippen molar-refractivity contribution in [3.8, 4) is 12.8 Å². The zero-order chi connectivity index (χ0) is 16.7. The second kappa shape index (κ2) is 8.09. The molecule has 2 aliphatic rings. The normalized spacial score (nSPS) is 20.4. The second-order valence-electron chi connectivity index (χ2n) is 5.68. The van der Waals surface area contributed by atoms with Gasteiger partial charge in [0.1, 0.15) is 6.17 Å². The summed E-state index contributed by atoms with van der Waals surface area (Å²) >= 11 is 0. The monoisotopic (exact) mass is 309 g/mol. The molecule has 23 heavy (non-hydrogen) atoms. The molecule has 0 saturated heterocycles. The fourth-order valence-corrected chi connectivity index (χ4v) is 2.75. The Labute approximate surface area is 138 Å². The summed E-state index contributed by atoms with van der Waals surface area (Å²) in [4.78, 5) is 11.9. The van der Waals surface area contributed by atoms with Crippen molar-refractivity contribution in [2.24, 2.45) is 5.92 Å². The number of nitrogens with one attached hydrogen (secondary N) is 3. The summed E-state index contributed by atoms with van der Waals surface area (Å²) in [7, 11) is 0. The molecule has 0 bridgehead atoms. The van der Waals surface area contributed by atoms with E-state index in [9.17, 15) is 4.79 Å². The molecule has 4 heteroatoms. The van der Waals surface area contributed by atoms with Crippen molar-refractivity contribution in [3.05, 3.63) is 59.4 Å². The SMILES string of the molecule is C#C.Cc1ccc(CNC(=O)CCC2=CNC3NC=CC23)cc1. The van der Waals surface area contributed by atoms with Gasteiger partial charge in [-0.25, -0.2) is 0 Å². The van der Waals surface area contributed by atoms with Crippen molar-refractivity contribution in [2.45, 2.75) is 32.5 Å². The molecule has 0 radical (unpaired) electrons. The lowest BCUT2D eigenvalue weighted by molar-refractivity contribution is -0.121. The minimum atomic E-state index is 0.106. The number of hydrogen-bond acceptors (Lipinski definition) is 3. The number of aryl methyl sites for hydroxylation is 1. The number of carbonyl (C=O) groups excluding carboxylic acids is 1. The Morgan fingerprint density at radius 2 is 1.96 bits per heavy atom. The molecule has 1 aromatic rings. The van der Waals surface area contributed by atoms with E-state index in [0.717, 1.165) is 12.0 Å². The molecule has 2 aliphatic heterocycles. The fraction of sp³-hybridized carbons (Fsp3) is 0.316. The molecular weight excluding hydrogens is 286 g/mol. The number of carbonyl (C=O) groups is 1. The van der Waals surface area contributed by atoms with Crippen LogP contribution in [0.3, 0.4) is 0 Å². The highest BCUT2D eigenvalue weighted by Crippen LogP contribution is 2.27. The Hall–Kier alpha value is -2.67. The zero-order valence-corrected chi connectivity index (χ0v) is 13.4. The maximum absolute atomic E-state index is 11.9. The van der Waals surface area contributed by atoms with Crippen LogP contribution in [-0.4, -0.2) is 12.1 Å². The van der Waals surface area contributed by atoms with Crippen LogP contribution in [0, 0.1) is 25.7 Å². The van der Waals surface area contributed by atoms with E-state index in [2.05, 4.69) is 66.1 Å². The van der Waals surface area contributed by atoms with Crippen molar-refractivity contribution in [1.29, 1.82) is 0 Å². The standard InChI is InChI=1S/C17H21N3O.C2H2/c1-12-2-4-13(5-3-12)10-19-16(21)7-6-14-11-20-17-15(14)8-9-18-17;1-2/h2-5,8-9,11,15,17-18,20H,6-7,10H2,1H3,(H,19,21);1-2H. The van der Waals surface area contributed by atoms with Gasteiger partial charge in [0.25, 0.3) is 0 Å². The molecule has 0 saturated carbocycles. The van der Waals surface area contributed by atoms with E-state index in [4.69, 9.17) is 0 Å². The predicted molar refractivity (Wildman–Crippen MR) is 92.9 cm³/mol. The number of rotatable bonds is 5. The summed E-state index contributed by atoms with van der Waals surface area (Å²) in [5.41, 5.74) is 3.67. The van der Waals surface area contributed by atoms with Gasteiger partial charge in [-0.2, -0.15) is 0 Å². The van der Waals surface area contributed by atoms with E-state index in [1.807, 2.05) is 12.4 Å². The van der Waals surface area contributed by atoms with Crippen LogP contribution in [0.4, 0.5) is 0 Å². The molecule has 3 N–H and O–H groups in total. The van der Waals surface area contributed by atoms with Gasteiger partial charge in [-0.05, 0) is 36.9 Å². The molecule has 0 spiro atoms. The minimum absolute atomic E-state index is 0.106. The number of amides is 1. The van der Waals surface area contributed by atoms with Crippen LogP contribution in [0.1, 0.15) is 24.0 Å².